The van der Waals surface area contributed by atoms with E-state index in [4.69, 9.17) is 4.74 Å². The van der Waals surface area contributed by atoms with Crippen molar-refractivity contribution in [1.82, 2.24) is 10.3 Å². The molecule has 2 aromatic carbocycles. The third kappa shape index (κ3) is 3.78. The van der Waals surface area contributed by atoms with Crippen LogP contribution in [0.1, 0.15) is 16.1 Å². The lowest BCUT2D eigenvalue weighted by Gasteiger charge is -2.05. The van der Waals surface area contributed by atoms with Gasteiger partial charge < -0.3 is 10.1 Å². The molecule has 3 aromatic rings. The Kier molecular flexibility index (Phi) is 4.86. The first-order chi connectivity index (χ1) is 11.7. The summed E-state index contributed by atoms with van der Waals surface area (Å²) in [6, 6.07) is 13.5. The summed E-state index contributed by atoms with van der Waals surface area (Å²) in [5.74, 6) is 0.233. The van der Waals surface area contributed by atoms with E-state index in [9.17, 15) is 9.18 Å². The summed E-state index contributed by atoms with van der Waals surface area (Å²) in [6.45, 7) is 0.409. The fraction of sp³-hybridized carbons (Fsp3) is 0.111. The lowest BCUT2D eigenvalue weighted by molar-refractivity contribution is 0.0946. The van der Waals surface area contributed by atoms with E-state index in [1.54, 1.807) is 24.6 Å². The van der Waals surface area contributed by atoms with Crippen LogP contribution in [0.25, 0.3) is 10.6 Å². The summed E-state index contributed by atoms with van der Waals surface area (Å²) < 4.78 is 18.1. The number of aromatic nitrogens is 1. The second-order valence-corrected chi connectivity index (χ2v) is 5.93. The molecule has 24 heavy (non-hydrogen) atoms. The number of rotatable bonds is 5. The maximum atomic E-state index is 13.0. The quantitative estimate of drug-likeness (QED) is 0.765. The Labute approximate surface area is 142 Å². The van der Waals surface area contributed by atoms with Gasteiger partial charge in [-0.15, -0.1) is 11.3 Å². The van der Waals surface area contributed by atoms with Crippen molar-refractivity contribution in [2.24, 2.45) is 0 Å². The summed E-state index contributed by atoms with van der Waals surface area (Å²) in [5.41, 5.74) is 2.11. The number of amides is 1. The minimum absolute atomic E-state index is 0.240. The molecule has 0 spiro atoms. The molecule has 122 valence electrons. The number of methoxy groups -OCH3 is 1. The van der Waals surface area contributed by atoms with Crippen LogP contribution in [0.15, 0.2) is 53.9 Å². The SMILES string of the molecule is COc1ccc(CNC(=O)c2csc(-c3ccc(F)cc3)n2)cc1. The molecule has 6 heteroatoms. The highest BCUT2D eigenvalue weighted by molar-refractivity contribution is 7.13. The number of halogens is 1. The molecule has 0 atom stereocenters. The lowest BCUT2D eigenvalue weighted by Crippen LogP contribution is -2.23. The number of thiazole rings is 1. The van der Waals surface area contributed by atoms with Crippen LogP contribution in [0.4, 0.5) is 4.39 Å². The highest BCUT2D eigenvalue weighted by Crippen LogP contribution is 2.23. The number of nitrogens with zero attached hydrogens (tertiary/aromatic N) is 1. The van der Waals surface area contributed by atoms with Crippen LogP contribution in [0.2, 0.25) is 0 Å². The predicted molar refractivity (Wildman–Crippen MR) is 91.7 cm³/mol. The third-order valence-corrected chi connectivity index (χ3v) is 4.33. The van der Waals surface area contributed by atoms with Crippen molar-refractivity contribution < 1.29 is 13.9 Å². The molecular formula is C18H15FN2O2S. The molecule has 0 aliphatic rings. The van der Waals surface area contributed by atoms with E-state index in [1.165, 1.54) is 23.5 Å². The second kappa shape index (κ2) is 7.23. The Bertz CT molecular complexity index is 829. The molecule has 0 saturated carbocycles. The van der Waals surface area contributed by atoms with E-state index in [2.05, 4.69) is 10.3 Å². The average molecular weight is 342 g/mol. The summed E-state index contributed by atoms with van der Waals surface area (Å²) >= 11 is 1.35. The normalized spacial score (nSPS) is 10.4. The van der Waals surface area contributed by atoms with Gasteiger partial charge in [0.05, 0.1) is 7.11 Å². The van der Waals surface area contributed by atoms with Gasteiger partial charge in [-0.05, 0) is 42.0 Å². The van der Waals surface area contributed by atoms with Crippen LogP contribution < -0.4 is 10.1 Å². The monoisotopic (exact) mass is 342 g/mol. The van der Waals surface area contributed by atoms with Crippen molar-refractivity contribution in [1.29, 1.82) is 0 Å². The molecule has 0 unspecified atom stereocenters. The van der Waals surface area contributed by atoms with Gasteiger partial charge in [0.15, 0.2) is 0 Å². The summed E-state index contributed by atoms with van der Waals surface area (Å²) in [4.78, 5) is 16.5. The van der Waals surface area contributed by atoms with E-state index in [0.29, 0.717) is 17.2 Å². The molecule has 4 nitrogen and oxygen atoms in total. The second-order valence-electron chi connectivity index (χ2n) is 5.08. The van der Waals surface area contributed by atoms with Crippen molar-refractivity contribution in [3.05, 3.63) is 71.0 Å². The van der Waals surface area contributed by atoms with Gasteiger partial charge >= 0.3 is 0 Å². The van der Waals surface area contributed by atoms with Crippen molar-refractivity contribution in [3.63, 3.8) is 0 Å². The number of nitrogens with one attached hydrogen (secondary N) is 1. The molecule has 0 aliphatic heterocycles. The van der Waals surface area contributed by atoms with E-state index in [-0.39, 0.29) is 11.7 Å². The number of hydrogen-bond acceptors (Lipinski definition) is 4. The minimum Gasteiger partial charge on any atom is -0.497 e. The van der Waals surface area contributed by atoms with Crippen molar-refractivity contribution in [3.8, 4) is 16.3 Å². The van der Waals surface area contributed by atoms with E-state index < -0.39 is 0 Å². The molecular weight excluding hydrogens is 327 g/mol. The molecule has 0 bridgehead atoms. The Morgan fingerprint density at radius 1 is 1.17 bits per heavy atom. The van der Waals surface area contributed by atoms with Gasteiger partial charge in [0, 0.05) is 17.5 Å². The van der Waals surface area contributed by atoms with Crippen molar-refractivity contribution >= 4 is 17.2 Å². The van der Waals surface area contributed by atoms with Crippen LogP contribution in [-0.2, 0) is 6.54 Å². The van der Waals surface area contributed by atoms with Crippen LogP contribution in [0.3, 0.4) is 0 Å². The maximum absolute atomic E-state index is 13.0. The molecule has 3 rings (SSSR count). The zero-order valence-corrected chi connectivity index (χ0v) is 13.8. The van der Waals surface area contributed by atoms with Crippen LogP contribution in [0, 0.1) is 5.82 Å². The van der Waals surface area contributed by atoms with Crippen molar-refractivity contribution in [2.75, 3.05) is 7.11 Å². The van der Waals surface area contributed by atoms with E-state index in [0.717, 1.165) is 16.9 Å². The predicted octanol–water partition coefficient (Wildman–Crippen LogP) is 3.89. The van der Waals surface area contributed by atoms with Crippen molar-refractivity contribution in [2.45, 2.75) is 6.54 Å². The summed E-state index contributed by atoms with van der Waals surface area (Å²) in [7, 11) is 1.61. The topological polar surface area (TPSA) is 51.2 Å². The molecule has 1 amide bonds. The summed E-state index contributed by atoms with van der Waals surface area (Å²) in [6.07, 6.45) is 0. The standard InChI is InChI=1S/C18H15FN2O2S/c1-23-15-8-2-12(3-9-15)10-20-17(22)16-11-24-18(21-16)13-4-6-14(19)7-5-13/h2-9,11H,10H2,1H3,(H,20,22). The smallest absolute Gasteiger partial charge is 0.271 e. The fourth-order valence-corrected chi connectivity index (χ4v) is 2.93. The molecule has 1 N–H and O–H groups in total. The first-order valence-electron chi connectivity index (χ1n) is 7.28. The fourth-order valence-electron chi connectivity index (χ4n) is 2.12. The maximum Gasteiger partial charge on any atom is 0.271 e. The summed E-state index contributed by atoms with van der Waals surface area (Å²) in [5, 5.41) is 5.21. The lowest BCUT2D eigenvalue weighted by atomic mass is 10.2. The first kappa shape index (κ1) is 16.1. The largest absolute Gasteiger partial charge is 0.497 e. The molecule has 1 heterocycles. The van der Waals surface area contributed by atoms with Crippen LogP contribution >= 0.6 is 11.3 Å². The number of benzene rings is 2. The van der Waals surface area contributed by atoms with E-state index in [1.807, 2.05) is 24.3 Å². The zero-order chi connectivity index (χ0) is 16.9. The van der Waals surface area contributed by atoms with Crippen LogP contribution in [0.5, 0.6) is 5.75 Å². The highest BCUT2D eigenvalue weighted by Gasteiger charge is 2.11. The van der Waals surface area contributed by atoms with Gasteiger partial charge in [0.1, 0.15) is 22.3 Å². The van der Waals surface area contributed by atoms with Gasteiger partial charge in [-0.3, -0.25) is 4.79 Å². The Morgan fingerprint density at radius 3 is 2.54 bits per heavy atom. The average Bonchev–Trinajstić information content (AvgIpc) is 3.11. The van der Waals surface area contributed by atoms with Gasteiger partial charge in [0.2, 0.25) is 0 Å². The number of carbonyl (C=O) groups is 1. The number of carbonyl (C=O) groups excluding carboxylic acids is 1. The van der Waals surface area contributed by atoms with Gasteiger partial charge in [-0.25, -0.2) is 9.37 Å². The Hall–Kier alpha value is -2.73. The van der Waals surface area contributed by atoms with E-state index >= 15 is 0 Å². The molecule has 0 fully saturated rings. The molecule has 0 aliphatic carbocycles. The minimum atomic E-state index is -0.298. The first-order valence-corrected chi connectivity index (χ1v) is 8.16. The van der Waals surface area contributed by atoms with Gasteiger partial charge in [-0.1, -0.05) is 12.1 Å². The molecule has 0 radical (unpaired) electrons. The third-order valence-electron chi connectivity index (χ3n) is 3.44. The number of ether oxygens (including phenoxy) is 1. The molecule has 0 saturated heterocycles. The van der Waals surface area contributed by atoms with Crippen LogP contribution in [-0.4, -0.2) is 18.0 Å². The Morgan fingerprint density at radius 2 is 1.88 bits per heavy atom. The highest BCUT2D eigenvalue weighted by atomic mass is 32.1. The molecule has 1 aromatic heterocycles. The van der Waals surface area contributed by atoms with Gasteiger partial charge in [-0.2, -0.15) is 0 Å². The zero-order valence-electron chi connectivity index (χ0n) is 13.0. The number of hydrogen-bond donors (Lipinski definition) is 1. The Balaban J connectivity index is 1.64. The van der Waals surface area contributed by atoms with Gasteiger partial charge in [0.25, 0.3) is 5.91 Å².